The van der Waals surface area contributed by atoms with Crippen molar-refractivity contribution in [1.29, 1.82) is 0 Å². The van der Waals surface area contributed by atoms with Gasteiger partial charge < -0.3 is 8.98 Å². The van der Waals surface area contributed by atoms with E-state index in [0.29, 0.717) is 5.95 Å². The number of benzene rings is 9. The second-order valence-electron chi connectivity index (χ2n) is 15.4. The first kappa shape index (κ1) is 32.1. The summed E-state index contributed by atoms with van der Waals surface area (Å²) >= 11 is 0. The zero-order valence-corrected chi connectivity index (χ0v) is 31.7. The molecule has 0 aliphatic carbocycles. The van der Waals surface area contributed by atoms with Gasteiger partial charge in [-0.2, -0.15) is 0 Å². The normalized spacial score (nSPS) is 12.1. The summed E-state index contributed by atoms with van der Waals surface area (Å²) in [5, 5.41) is 10.3. The van der Waals surface area contributed by atoms with Gasteiger partial charge in [-0.25, -0.2) is 9.97 Å². The fourth-order valence-corrected chi connectivity index (χ4v) is 9.46. The monoisotopic (exact) mass is 752 g/mol. The Morgan fingerprint density at radius 1 is 0.356 bits per heavy atom. The Hall–Kier alpha value is -8.02. The molecule has 0 radical (unpaired) electrons. The molecule has 0 bridgehead atoms. The Labute approximate surface area is 337 Å². The zero-order valence-electron chi connectivity index (χ0n) is 31.7. The van der Waals surface area contributed by atoms with Gasteiger partial charge in [-0.05, 0) is 94.7 Å². The average Bonchev–Trinajstić information content (AvgIpc) is 3.96. The van der Waals surface area contributed by atoms with Crippen LogP contribution in [-0.4, -0.2) is 19.1 Å². The van der Waals surface area contributed by atoms with Gasteiger partial charge in [-0.15, -0.1) is 0 Å². The fourth-order valence-electron chi connectivity index (χ4n) is 9.46. The molecule has 0 unspecified atom stereocenters. The number of hydrogen-bond donors (Lipinski definition) is 0. The number of nitrogens with zero attached hydrogens (tertiary/aromatic N) is 4. The highest BCUT2D eigenvalue weighted by atomic mass is 16.3. The molecule has 9 aromatic carbocycles. The molecule has 0 fully saturated rings. The summed E-state index contributed by atoms with van der Waals surface area (Å²) in [5.41, 5.74) is 12.5. The molecule has 274 valence electrons. The van der Waals surface area contributed by atoms with Crippen molar-refractivity contribution < 1.29 is 4.42 Å². The van der Waals surface area contributed by atoms with Crippen LogP contribution in [0, 0.1) is 0 Å². The molecule has 13 rings (SSSR count). The first-order valence-corrected chi connectivity index (χ1v) is 20.0. The van der Waals surface area contributed by atoms with Crippen LogP contribution in [0.3, 0.4) is 0 Å². The molecular weight excluding hydrogens is 721 g/mol. The SMILES string of the molecule is c1ccc(-c2ccc3c(c2)c2ccccc2n3-c2ccc3c(c2)c2ccccc2n3-c2nc(-c3ccc4oc5ccc6ccccc6c5c4c3)c3ccccc3n2)cc1. The summed E-state index contributed by atoms with van der Waals surface area (Å²) in [6.45, 7) is 0. The molecule has 4 heterocycles. The Bertz CT molecular complexity index is 3850. The highest BCUT2D eigenvalue weighted by Crippen LogP contribution is 2.40. The number of rotatable bonds is 4. The number of furan rings is 1. The lowest BCUT2D eigenvalue weighted by Crippen LogP contribution is -2.03. The standard InChI is InChI=1S/C54H32N4O/c1-2-12-33(13-3-1)35-22-26-48-42(30-35)39-16-7-10-20-46(39)57(48)37-25-27-49-43(32-37)40-17-8-11-21-47(40)58(49)54-55-45-19-9-6-18-41(45)53(56-54)36-24-28-50-44(31-36)52-38-15-5-4-14-34(38)23-29-51(52)59-50/h1-32H. The van der Waals surface area contributed by atoms with E-state index in [1.165, 1.54) is 43.7 Å². The first-order valence-electron chi connectivity index (χ1n) is 20.0. The Morgan fingerprint density at radius 3 is 1.81 bits per heavy atom. The van der Waals surface area contributed by atoms with Crippen molar-refractivity contribution in [2.24, 2.45) is 0 Å². The topological polar surface area (TPSA) is 48.8 Å². The maximum atomic E-state index is 6.39. The number of aromatic nitrogens is 4. The number of para-hydroxylation sites is 3. The van der Waals surface area contributed by atoms with Crippen molar-refractivity contribution in [3.8, 4) is 34.0 Å². The predicted octanol–water partition coefficient (Wildman–Crippen LogP) is 14.2. The van der Waals surface area contributed by atoms with Crippen LogP contribution in [0.1, 0.15) is 0 Å². The van der Waals surface area contributed by atoms with Gasteiger partial charge in [-0.1, -0.05) is 121 Å². The molecule has 0 aliphatic rings. The predicted molar refractivity (Wildman–Crippen MR) is 244 cm³/mol. The zero-order chi connectivity index (χ0) is 38.6. The van der Waals surface area contributed by atoms with E-state index in [4.69, 9.17) is 14.4 Å². The molecule has 0 spiro atoms. The summed E-state index contributed by atoms with van der Waals surface area (Å²) in [4.78, 5) is 10.7. The molecule has 59 heavy (non-hydrogen) atoms. The van der Waals surface area contributed by atoms with Gasteiger partial charge in [0.2, 0.25) is 5.95 Å². The van der Waals surface area contributed by atoms with Crippen molar-refractivity contribution in [3.05, 3.63) is 194 Å². The summed E-state index contributed by atoms with van der Waals surface area (Å²) in [6.07, 6.45) is 0. The highest BCUT2D eigenvalue weighted by Gasteiger charge is 2.20. The van der Waals surface area contributed by atoms with E-state index < -0.39 is 0 Å². The van der Waals surface area contributed by atoms with E-state index >= 15 is 0 Å². The molecule has 0 amide bonds. The molecule has 0 N–H and O–H groups in total. The minimum Gasteiger partial charge on any atom is -0.456 e. The van der Waals surface area contributed by atoms with Crippen LogP contribution in [0.2, 0.25) is 0 Å². The Kier molecular flexibility index (Phi) is 6.66. The molecule has 4 aromatic heterocycles. The fraction of sp³-hybridized carbons (Fsp3) is 0. The van der Waals surface area contributed by atoms with Crippen LogP contribution in [0.15, 0.2) is 199 Å². The molecule has 5 heteroatoms. The van der Waals surface area contributed by atoms with Crippen LogP contribution in [0.5, 0.6) is 0 Å². The number of fused-ring (bicyclic) bond motifs is 12. The van der Waals surface area contributed by atoms with Crippen LogP contribution < -0.4 is 0 Å². The summed E-state index contributed by atoms with van der Waals surface area (Å²) < 4.78 is 11.0. The van der Waals surface area contributed by atoms with Crippen molar-refractivity contribution in [2.75, 3.05) is 0 Å². The molecule has 0 saturated heterocycles. The van der Waals surface area contributed by atoms with Crippen LogP contribution >= 0.6 is 0 Å². The van der Waals surface area contributed by atoms with E-state index in [1.807, 2.05) is 0 Å². The molecule has 0 atom stereocenters. The van der Waals surface area contributed by atoms with Crippen molar-refractivity contribution in [1.82, 2.24) is 19.1 Å². The van der Waals surface area contributed by atoms with Gasteiger partial charge in [0, 0.05) is 49.0 Å². The molecular formula is C54H32N4O. The quantitative estimate of drug-likeness (QED) is 0.180. The van der Waals surface area contributed by atoms with Gasteiger partial charge in [0.25, 0.3) is 0 Å². The van der Waals surface area contributed by atoms with Crippen LogP contribution in [0.4, 0.5) is 0 Å². The molecule has 0 saturated carbocycles. The third-order valence-corrected chi connectivity index (χ3v) is 12.1. The van der Waals surface area contributed by atoms with E-state index in [1.54, 1.807) is 0 Å². The smallest absolute Gasteiger partial charge is 0.235 e. The highest BCUT2D eigenvalue weighted by molar-refractivity contribution is 6.19. The van der Waals surface area contributed by atoms with E-state index in [2.05, 4.69) is 203 Å². The van der Waals surface area contributed by atoms with Gasteiger partial charge >= 0.3 is 0 Å². The third kappa shape index (κ3) is 4.73. The van der Waals surface area contributed by atoms with Crippen molar-refractivity contribution >= 4 is 87.2 Å². The summed E-state index contributed by atoms with van der Waals surface area (Å²) in [7, 11) is 0. The first-order chi connectivity index (χ1) is 29.2. The second-order valence-corrected chi connectivity index (χ2v) is 15.4. The van der Waals surface area contributed by atoms with Crippen molar-refractivity contribution in [3.63, 3.8) is 0 Å². The lowest BCUT2D eigenvalue weighted by Gasteiger charge is -2.12. The van der Waals surface area contributed by atoms with E-state index in [-0.39, 0.29) is 0 Å². The van der Waals surface area contributed by atoms with Crippen molar-refractivity contribution in [2.45, 2.75) is 0 Å². The minimum absolute atomic E-state index is 0.630. The van der Waals surface area contributed by atoms with E-state index in [9.17, 15) is 0 Å². The van der Waals surface area contributed by atoms with Crippen LogP contribution in [0.25, 0.3) is 121 Å². The third-order valence-electron chi connectivity index (χ3n) is 12.1. The lowest BCUT2D eigenvalue weighted by molar-refractivity contribution is 0.669. The van der Waals surface area contributed by atoms with Gasteiger partial charge in [0.15, 0.2) is 0 Å². The second kappa shape index (κ2) is 12.2. The maximum Gasteiger partial charge on any atom is 0.235 e. The summed E-state index contributed by atoms with van der Waals surface area (Å²) in [6, 6.07) is 69.0. The molecule has 5 nitrogen and oxygen atoms in total. The number of hydrogen-bond acceptors (Lipinski definition) is 3. The Morgan fingerprint density at radius 2 is 0.966 bits per heavy atom. The van der Waals surface area contributed by atoms with Gasteiger partial charge in [-0.3, -0.25) is 4.57 Å². The minimum atomic E-state index is 0.630. The largest absolute Gasteiger partial charge is 0.456 e. The molecule has 0 aliphatic heterocycles. The van der Waals surface area contributed by atoms with E-state index in [0.717, 1.165) is 71.6 Å². The van der Waals surface area contributed by atoms with Crippen LogP contribution in [-0.2, 0) is 0 Å². The maximum absolute atomic E-state index is 6.39. The summed E-state index contributed by atoms with van der Waals surface area (Å²) in [5.74, 6) is 0.630. The Balaban J connectivity index is 1.02. The van der Waals surface area contributed by atoms with Gasteiger partial charge in [0.1, 0.15) is 11.2 Å². The average molecular weight is 753 g/mol. The van der Waals surface area contributed by atoms with Gasteiger partial charge in [0.05, 0.1) is 33.3 Å². The lowest BCUT2D eigenvalue weighted by atomic mass is 10.0. The molecule has 13 aromatic rings.